The number of aromatic nitrogens is 2. The third kappa shape index (κ3) is 3.23. The zero-order valence-corrected chi connectivity index (χ0v) is 13.2. The van der Waals surface area contributed by atoms with Gasteiger partial charge in [-0.2, -0.15) is 5.10 Å². The molecule has 0 radical (unpaired) electrons. The Morgan fingerprint density at radius 2 is 2.18 bits per heavy atom. The molecule has 1 heterocycles. The van der Waals surface area contributed by atoms with Crippen molar-refractivity contribution < 1.29 is 5.11 Å². The molecule has 3 rings (SSSR count). The Balaban J connectivity index is 1.68. The Morgan fingerprint density at radius 1 is 1.36 bits per heavy atom. The van der Waals surface area contributed by atoms with Gasteiger partial charge in [-0.25, -0.2) is 0 Å². The summed E-state index contributed by atoms with van der Waals surface area (Å²) in [6.45, 7) is 1.12. The van der Waals surface area contributed by atoms with Crippen LogP contribution in [0.4, 0.5) is 0 Å². The molecule has 0 aliphatic heterocycles. The van der Waals surface area contributed by atoms with Gasteiger partial charge in [0, 0.05) is 37.5 Å². The van der Waals surface area contributed by atoms with Crippen LogP contribution in [0.15, 0.2) is 36.5 Å². The SMILES string of the molecule is Cn1ncc2c1CCCC2NCC(CCO)c1ccccc1. The molecule has 0 fully saturated rings. The third-order valence-electron chi connectivity index (χ3n) is 4.73. The van der Waals surface area contributed by atoms with Crippen LogP contribution >= 0.6 is 0 Å². The van der Waals surface area contributed by atoms with Crippen molar-refractivity contribution in [2.75, 3.05) is 13.2 Å². The van der Waals surface area contributed by atoms with Crippen LogP contribution in [0.3, 0.4) is 0 Å². The van der Waals surface area contributed by atoms with Gasteiger partial charge in [0.1, 0.15) is 0 Å². The molecule has 1 aliphatic carbocycles. The summed E-state index contributed by atoms with van der Waals surface area (Å²) < 4.78 is 2.01. The Bertz CT molecular complexity index is 594. The molecule has 4 nitrogen and oxygen atoms in total. The predicted molar refractivity (Wildman–Crippen MR) is 87.8 cm³/mol. The molecule has 2 unspecified atom stereocenters. The minimum absolute atomic E-state index is 0.226. The smallest absolute Gasteiger partial charge is 0.0540 e. The molecule has 0 amide bonds. The second-order valence-electron chi connectivity index (χ2n) is 6.14. The summed E-state index contributed by atoms with van der Waals surface area (Å²) in [6.07, 6.45) is 6.31. The van der Waals surface area contributed by atoms with Crippen LogP contribution in [0.25, 0.3) is 0 Å². The number of aryl methyl sites for hydroxylation is 1. The molecule has 118 valence electrons. The molecule has 4 heteroatoms. The molecule has 2 aromatic rings. The van der Waals surface area contributed by atoms with Gasteiger partial charge in [0.2, 0.25) is 0 Å². The van der Waals surface area contributed by atoms with E-state index in [1.807, 2.05) is 24.0 Å². The first-order valence-corrected chi connectivity index (χ1v) is 8.19. The lowest BCUT2D eigenvalue weighted by Crippen LogP contribution is -2.29. The summed E-state index contributed by atoms with van der Waals surface area (Å²) in [5.41, 5.74) is 4.01. The number of benzene rings is 1. The number of hydrogen-bond donors (Lipinski definition) is 2. The quantitative estimate of drug-likeness (QED) is 0.862. The Kier molecular flexibility index (Phi) is 4.90. The first kappa shape index (κ1) is 15.3. The lowest BCUT2D eigenvalue weighted by Gasteiger charge is -2.26. The molecular weight excluding hydrogens is 274 g/mol. The normalized spacial score (nSPS) is 18.9. The number of aliphatic hydroxyl groups is 1. The van der Waals surface area contributed by atoms with Gasteiger partial charge in [-0.15, -0.1) is 0 Å². The van der Waals surface area contributed by atoms with Crippen molar-refractivity contribution in [2.24, 2.45) is 7.05 Å². The van der Waals surface area contributed by atoms with Gasteiger partial charge in [-0.05, 0) is 37.2 Å². The average molecular weight is 299 g/mol. The third-order valence-corrected chi connectivity index (χ3v) is 4.73. The summed E-state index contributed by atoms with van der Waals surface area (Å²) in [4.78, 5) is 0. The van der Waals surface area contributed by atoms with E-state index >= 15 is 0 Å². The van der Waals surface area contributed by atoms with Crippen molar-refractivity contribution in [3.8, 4) is 0 Å². The van der Waals surface area contributed by atoms with E-state index < -0.39 is 0 Å². The maximum atomic E-state index is 9.35. The van der Waals surface area contributed by atoms with Crippen molar-refractivity contribution >= 4 is 0 Å². The second-order valence-corrected chi connectivity index (χ2v) is 6.14. The standard InChI is InChI=1S/C18H25N3O/c1-21-18-9-5-8-17(16(18)13-20-21)19-12-15(10-11-22)14-6-3-2-4-7-14/h2-4,6-7,13,15,17,19,22H,5,8-12H2,1H3. The molecule has 0 saturated heterocycles. The molecule has 22 heavy (non-hydrogen) atoms. The van der Waals surface area contributed by atoms with E-state index in [2.05, 4.69) is 34.7 Å². The molecule has 0 bridgehead atoms. The highest BCUT2D eigenvalue weighted by atomic mass is 16.3. The van der Waals surface area contributed by atoms with Crippen LogP contribution in [-0.4, -0.2) is 28.0 Å². The van der Waals surface area contributed by atoms with Gasteiger partial charge < -0.3 is 10.4 Å². The van der Waals surface area contributed by atoms with Gasteiger partial charge in [0.15, 0.2) is 0 Å². The lowest BCUT2D eigenvalue weighted by molar-refractivity contribution is 0.271. The Labute approximate surface area is 132 Å². The van der Waals surface area contributed by atoms with E-state index in [1.54, 1.807) is 0 Å². The number of hydrogen-bond acceptors (Lipinski definition) is 3. The fourth-order valence-corrected chi connectivity index (χ4v) is 3.47. The largest absolute Gasteiger partial charge is 0.396 e. The molecule has 0 saturated carbocycles. The second kappa shape index (κ2) is 7.07. The van der Waals surface area contributed by atoms with Gasteiger partial charge in [0.05, 0.1) is 6.20 Å². The van der Waals surface area contributed by atoms with Crippen molar-refractivity contribution in [2.45, 2.75) is 37.6 Å². The zero-order valence-electron chi connectivity index (χ0n) is 13.2. The molecule has 0 spiro atoms. The first-order chi connectivity index (χ1) is 10.8. The zero-order chi connectivity index (χ0) is 15.4. The van der Waals surface area contributed by atoms with E-state index in [9.17, 15) is 5.11 Å². The summed E-state index contributed by atoms with van der Waals surface area (Å²) in [5.74, 6) is 0.355. The fraction of sp³-hybridized carbons (Fsp3) is 0.500. The van der Waals surface area contributed by atoms with Gasteiger partial charge in [-0.1, -0.05) is 30.3 Å². The maximum absolute atomic E-state index is 9.35. The highest BCUT2D eigenvalue weighted by Crippen LogP contribution is 2.30. The summed E-state index contributed by atoms with van der Waals surface area (Å²) >= 11 is 0. The summed E-state index contributed by atoms with van der Waals surface area (Å²) in [5, 5.41) is 17.5. The van der Waals surface area contributed by atoms with Crippen molar-refractivity contribution in [3.63, 3.8) is 0 Å². The fourth-order valence-electron chi connectivity index (χ4n) is 3.47. The van der Waals surface area contributed by atoms with Crippen molar-refractivity contribution in [1.82, 2.24) is 15.1 Å². The molecule has 1 aromatic carbocycles. The number of nitrogens with zero attached hydrogens (tertiary/aromatic N) is 2. The molecule has 2 N–H and O–H groups in total. The van der Waals surface area contributed by atoms with Crippen LogP contribution in [0.1, 0.15) is 48.0 Å². The lowest BCUT2D eigenvalue weighted by atomic mass is 9.91. The first-order valence-electron chi connectivity index (χ1n) is 8.19. The van der Waals surface area contributed by atoms with Gasteiger partial charge in [0.25, 0.3) is 0 Å². The number of fused-ring (bicyclic) bond motifs is 1. The van der Waals surface area contributed by atoms with E-state index in [-0.39, 0.29) is 6.61 Å². The molecular formula is C18H25N3O. The monoisotopic (exact) mass is 299 g/mol. The van der Waals surface area contributed by atoms with Crippen molar-refractivity contribution in [3.05, 3.63) is 53.3 Å². The topological polar surface area (TPSA) is 50.1 Å². The van der Waals surface area contributed by atoms with E-state index in [0.717, 1.165) is 19.4 Å². The van der Waals surface area contributed by atoms with Crippen LogP contribution < -0.4 is 5.32 Å². The molecule has 2 atom stereocenters. The van der Waals surface area contributed by atoms with Crippen LogP contribution in [0.2, 0.25) is 0 Å². The maximum Gasteiger partial charge on any atom is 0.0540 e. The van der Waals surface area contributed by atoms with E-state index in [4.69, 9.17) is 0 Å². The van der Waals surface area contributed by atoms with Crippen molar-refractivity contribution in [1.29, 1.82) is 0 Å². The minimum atomic E-state index is 0.226. The average Bonchev–Trinajstić information content (AvgIpc) is 2.94. The highest BCUT2D eigenvalue weighted by Gasteiger charge is 2.24. The predicted octanol–water partition coefficient (Wildman–Crippen LogP) is 2.55. The number of aliphatic hydroxyl groups excluding tert-OH is 1. The van der Waals surface area contributed by atoms with Gasteiger partial charge >= 0.3 is 0 Å². The Morgan fingerprint density at radius 3 is 2.95 bits per heavy atom. The van der Waals surface area contributed by atoms with Crippen LogP contribution in [-0.2, 0) is 13.5 Å². The van der Waals surface area contributed by atoms with E-state index in [1.165, 1.54) is 29.7 Å². The highest BCUT2D eigenvalue weighted by molar-refractivity contribution is 5.25. The summed E-state index contributed by atoms with van der Waals surface area (Å²) in [7, 11) is 2.03. The summed E-state index contributed by atoms with van der Waals surface area (Å²) in [6, 6.07) is 10.9. The molecule has 1 aromatic heterocycles. The van der Waals surface area contributed by atoms with Gasteiger partial charge in [-0.3, -0.25) is 4.68 Å². The van der Waals surface area contributed by atoms with E-state index in [0.29, 0.717) is 12.0 Å². The van der Waals surface area contributed by atoms with Crippen LogP contribution in [0, 0.1) is 0 Å². The van der Waals surface area contributed by atoms with Crippen LogP contribution in [0.5, 0.6) is 0 Å². The number of rotatable bonds is 6. The minimum Gasteiger partial charge on any atom is -0.396 e. The number of nitrogens with one attached hydrogen (secondary N) is 1. The molecule has 1 aliphatic rings. The Hall–Kier alpha value is -1.65.